The molecule has 0 saturated carbocycles. The molecular weight excluding hydrogens is 324 g/mol. The molecule has 0 fully saturated rings. The number of hydrogen-bond acceptors (Lipinski definition) is 6. The molecule has 7 nitrogen and oxygen atoms in total. The van der Waals surface area contributed by atoms with Gasteiger partial charge in [0, 0.05) is 16.2 Å². The predicted molar refractivity (Wildman–Crippen MR) is 93.2 cm³/mol. The van der Waals surface area contributed by atoms with E-state index in [0.717, 1.165) is 0 Å². The third-order valence-electron chi connectivity index (χ3n) is 3.64. The fourth-order valence-electron chi connectivity index (χ4n) is 2.45. The Kier molecular flexibility index (Phi) is 6.33. The standard InChI is InChI=1S/C18H20N2O5/c1-3-25-18(21)16(19-14-9-11-15(24-2)12-10-14)17(20(22)23)13-7-5-4-6-8-13/h4-12,16-17,19H,3H2,1-2H3/t16-,17-/m1/s1. The van der Waals surface area contributed by atoms with Crippen molar-refractivity contribution in [3.8, 4) is 5.75 Å². The second kappa shape index (κ2) is 8.68. The molecule has 0 bridgehead atoms. The van der Waals surface area contributed by atoms with E-state index in [-0.39, 0.29) is 6.61 Å². The second-order valence-electron chi connectivity index (χ2n) is 5.24. The number of esters is 1. The van der Waals surface area contributed by atoms with Crippen LogP contribution in [0, 0.1) is 10.1 Å². The van der Waals surface area contributed by atoms with Crippen LogP contribution in [-0.4, -0.2) is 30.7 Å². The summed E-state index contributed by atoms with van der Waals surface area (Å²) >= 11 is 0. The van der Waals surface area contributed by atoms with Crippen molar-refractivity contribution in [2.75, 3.05) is 19.0 Å². The number of carbonyl (C=O) groups is 1. The smallest absolute Gasteiger partial charge is 0.336 e. The van der Waals surface area contributed by atoms with Gasteiger partial charge >= 0.3 is 5.97 Å². The van der Waals surface area contributed by atoms with E-state index in [1.165, 1.54) is 0 Å². The van der Waals surface area contributed by atoms with Crippen LogP contribution in [0.1, 0.15) is 18.5 Å². The van der Waals surface area contributed by atoms with Crippen molar-refractivity contribution < 1.29 is 19.2 Å². The van der Waals surface area contributed by atoms with E-state index >= 15 is 0 Å². The minimum Gasteiger partial charge on any atom is -0.497 e. The van der Waals surface area contributed by atoms with Crippen molar-refractivity contribution in [3.05, 3.63) is 70.3 Å². The third-order valence-corrected chi connectivity index (χ3v) is 3.64. The van der Waals surface area contributed by atoms with Crippen molar-refractivity contribution in [2.45, 2.75) is 19.0 Å². The molecule has 25 heavy (non-hydrogen) atoms. The highest BCUT2D eigenvalue weighted by molar-refractivity contribution is 5.80. The minimum absolute atomic E-state index is 0.138. The summed E-state index contributed by atoms with van der Waals surface area (Å²) in [5, 5.41) is 14.6. The van der Waals surface area contributed by atoms with Crippen LogP contribution in [-0.2, 0) is 9.53 Å². The van der Waals surface area contributed by atoms with Crippen LogP contribution in [0.15, 0.2) is 54.6 Å². The first-order valence-electron chi connectivity index (χ1n) is 7.82. The Morgan fingerprint density at radius 3 is 2.32 bits per heavy atom. The second-order valence-corrected chi connectivity index (χ2v) is 5.24. The Morgan fingerprint density at radius 2 is 1.80 bits per heavy atom. The van der Waals surface area contributed by atoms with E-state index in [9.17, 15) is 14.9 Å². The van der Waals surface area contributed by atoms with E-state index < -0.39 is 23.0 Å². The zero-order chi connectivity index (χ0) is 18.2. The van der Waals surface area contributed by atoms with E-state index in [1.807, 2.05) is 0 Å². The van der Waals surface area contributed by atoms with Crippen LogP contribution < -0.4 is 10.1 Å². The van der Waals surface area contributed by atoms with Crippen LogP contribution in [0.25, 0.3) is 0 Å². The summed E-state index contributed by atoms with van der Waals surface area (Å²) < 4.78 is 10.1. The van der Waals surface area contributed by atoms with Gasteiger partial charge in [0.1, 0.15) is 5.75 Å². The molecule has 0 heterocycles. The highest BCUT2D eigenvalue weighted by atomic mass is 16.6. The predicted octanol–water partition coefficient (Wildman–Crippen LogP) is 3.06. The lowest BCUT2D eigenvalue weighted by atomic mass is 9.99. The van der Waals surface area contributed by atoms with Crippen LogP contribution in [0.2, 0.25) is 0 Å². The van der Waals surface area contributed by atoms with Gasteiger partial charge < -0.3 is 14.8 Å². The molecule has 0 aliphatic carbocycles. The Bertz CT molecular complexity index is 703. The quantitative estimate of drug-likeness (QED) is 0.450. The molecule has 0 unspecified atom stereocenters. The molecule has 7 heteroatoms. The number of hydrogen-bond donors (Lipinski definition) is 1. The maximum Gasteiger partial charge on any atom is 0.336 e. The zero-order valence-corrected chi connectivity index (χ0v) is 14.0. The zero-order valence-electron chi connectivity index (χ0n) is 14.0. The average Bonchev–Trinajstić information content (AvgIpc) is 2.62. The van der Waals surface area contributed by atoms with E-state index in [4.69, 9.17) is 9.47 Å². The van der Waals surface area contributed by atoms with E-state index in [2.05, 4.69) is 5.32 Å². The van der Waals surface area contributed by atoms with Gasteiger partial charge in [0.2, 0.25) is 0 Å². The number of nitrogens with zero attached hydrogens (tertiary/aromatic N) is 1. The van der Waals surface area contributed by atoms with Gasteiger partial charge in [0.05, 0.1) is 13.7 Å². The van der Waals surface area contributed by atoms with Crippen LogP contribution in [0.3, 0.4) is 0 Å². The summed E-state index contributed by atoms with van der Waals surface area (Å²) in [7, 11) is 1.54. The van der Waals surface area contributed by atoms with Gasteiger partial charge in [-0.3, -0.25) is 10.1 Å². The van der Waals surface area contributed by atoms with Gasteiger partial charge in [-0.05, 0) is 31.2 Å². The molecule has 0 saturated heterocycles. The van der Waals surface area contributed by atoms with Gasteiger partial charge in [-0.1, -0.05) is 30.3 Å². The fourth-order valence-corrected chi connectivity index (χ4v) is 2.45. The SMILES string of the molecule is CCOC(=O)[C@H](Nc1ccc(OC)cc1)[C@@H](c1ccccc1)[N+](=O)[O-]. The molecule has 0 aliphatic heterocycles. The van der Waals surface area contributed by atoms with Crippen molar-refractivity contribution in [3.63, 3.8) is 0 Å². The number of methoxy groups -OCH3 is 1. The van der Waals surface area contributed by atoms with Gasteiger partial charge in [-0.2, -0.15) is 0 Å². The van der Waals surface area contributed by atoms with Crippen LogP contribution in [0.4, 0.5) is 5.69 Å². The highest BCUT2D eigenvalue weighted by Crippen LogP contribution is 2.25. The molecule has 0 radical (unpaired) electrons. The Labute approximate surface area is 145 Å². The molecule has 2 aromatic carbocycles. The van der Waals surface area contributed by atoms with Crippen molar-refractivity contribution >= 4 is 11.7 Å². The summed E-state index contributed by atoms with van der Waals surface area (Å²) in [5.41, 5.74) is 0.980. The van der Waals surface area contributed by atoms with Crippen molar-refractivity contribution in [2.24, 2.45) is 0 Å². The topological polar surface area (TPSA) is 90.7 Å². The number of nitro groups is 1. The lowest BCUT2D eigenvalue weighted by molar-refractivity contribution is -0.529. The number of benzene rings is 2. The molecule has 132 valence electrons. The molecule has 2 aromatic rings. The molecule has 2 atom stereocenters. The number of rotatable bonds is 8. The fraction of sp³-hybridized carbons (Fsp3) is 0.278. The lowest BCUT2D eigenvalue weighted by Gasteiger charge is -2.22. The van der Waals surface area contributed by atoms with Crippen molar-refractivity contribution in [1.82, 2.24) is 0 Å². The number of carbonyl (C=O) groups excluding carboxylic acids is 1. The van der Waals surface area contributed by atoms with Gasteiger partial charge in [-0.25, -0.2) is 4.79 Å². The summed E-state index contributed by atoms with van der Waals surface area (Å²) in [6.07, 6.45) is 0. The van der Waals surface area contributed by atoms with E-state index in [1.54, 1.807) is 68.6 Å². The number of ether oxygens (including phenoxy) is 2. The van der Waals surface area contributed by atoms with Gasteiger partial charge in [-0.15, -0.1) is 0 Å². The highest BCUT2D eigenvalue weighted by Gasteiger charge is 2.39. The monoisotopic (exact) mass is 344 g/mol. The molecular formula is C18H20N2O5. The van der Waals surface area contributed by atoms with Gasteiger partial charge in [0.15, 0.2) is 6.04 Å². The molecule has 0 aliphatic rings. The summed E-state index contributed by atoms with van der Waals surface area (Å²) in [5.74, 6) is -0.0315. The molecule has 2 rings (SSSR count). The summed E-state index contributed by atoms with van der Waals surface area (Å²) in [4.78, 5) is 23.6. The largest absolute Gasteiger partial charge is 0.497 e. The van der Waals surface area contributed by atoms with E-state index in [0.29, 0.717) is 17.0 Å². The normalized spacial score (nSPS) is 12.7. The molecule has 0 amide bonds. The van der Waals surface area contributed by atoms with Crippen LogP contribution >= 0.6 is 0 Å². The first-order chi connectivity index (χ1) is 12.1. The summed E-state index contributed by atoms with van der Waals surface area (Å²) in [6, 6.07) is 12.7. The number of nitrogens with one attached hydrogen (secondary N) is 1. The van der Waals surface area contributed by atoms with Crippen LogP contribution in [0.5, 0.6) is 5.75 Å². The first kappa shape index (κ1) is 18.3. The Balaban J connectivity index is 2.35. The van der Waals surface area contributed by atoms with Gasteiger partial charge in [0.25, 0.3) is 6.04 Å². The minimum atomic E-state index is -1.28. The summed E-state index contributed by atoms with van der Waals surface area (Å²) in [6.45, 7) is 1.80. The number of anilines is 1. The first-order valence-corrected chi connectivity index (χ1v) is 7.82. The van der Waals surface area contributed by atoms with Crippen molar-refractivity contribution in [1.29, 1.82) is 0 Å². The third kappa shape index (κ3) is 4.69. The maximum atomic E-state index is 12.4. The average molecular weight is 344 g/mol. The molecule has 1 N–H and O–H groups in total. The Morgan fingerprint density at radius 1 is 1.16 bits per heavy atom. The Hall–Kier alpha value is -3.09. The molecule has 0 spiro atoms. The molecule has 0 aromatic heterocycles. The lowest BCUT2D eigenvalue weighted by Crippen LogP contribution is -2.40. The maximum absolute atomic E-state index is 12.4.